The largest absolute Gasteiger partial charge is 0.414 e. The smallest absolute Gasteiger partial charge is 0.406 e. The quantitative estimate of drug-likeness (QED) is 0.566. The predicted octanol–water partition coefficient (Wildman–Crippen LogP) is 2.21. The molecule has 3 saturated heterocycles. The summed E-state index contributed by atoms with van der Waals surface area (Å²) in [7, 11) is 6.39. The Labute approximate surface area is 215 Å². The minimum absolute atomic E-state index is 0.0363. The maximum atomic E-state index is 13.8. The van der Waals surface area contributed by atoms with Crippen LogP contribution in [-0.2, 0) is 14.9 Å². The molecule has 37 heavy (non-hydrogen) atoms. The lowest BCUT2D eigenvalue weighted by Gasteiger charge is -2.58. The molecule has 0 N–H and O–H groups in total. The molecule has 1 spiro atoms. The molecule has 1 aromatic rings. The van der Waals surface area contributed by atoms with E-state index in [0.717, 1.165) is 37.2 Å². The van der Waals surface area contributed by atoms with E-state index in [4.69, 9.17) is 14.2 Å². The Morgan fingerprint density at radius 1 is 1.08 bits per heavy atom. The fourth-order valence-electron chi connectivity index (χ4n) is 8.08. The number of hydrogen-bond acceptors (Lipinski definition) is 7. The van der Waals surface area contributed by atoms with E-state index in [1.54, 1.807) is 34.3 Å². The van der Waals surface area contributed by atoms with E-state index in [1.165, 1.54) is 15.4 Å². The number of nitrogens with zero attached hydrogens (tertiary/aromatic N) is 4. The average molecular weight is 509 g/mol. The van der Waals surface area contributed by atoms with Crippen LogP contribution >= 0.6 is 0 Å². The summed E-state index contributed by atoms with van der Waals surface area (Å²) in [6.07, 6.45) is 3.29. The monoisotopic (exact) mass is 508 g/mol. The Bertz CT molecular complexity index is 1260. The first-order valence-electron chi connectivity index (χ1n) is 13.0. The third-order valence-corrected chi connectivity index (χ3v) is 9.50. The molecule has 2 bridgehead atoms. The lowest BCUT2D eigenvalue weighted by atomic mass is 9.53. The summed E-state index contributed by atoms with van der Waals surface area (Å²) in [6.45, 7) is 2.45. The topological polar surface area (TPSA) is 91.9 Å². The van der Waals surface area contributed by atoms with Crippen molar-refractivity contribution in [3.63, 3.8) is 0 Å². The van der Waals surface area contributed by atoms with E-state index in [-0.39, 0.29) is 46.9 Å². The third kappa shape index (κ3) is 2.96. The molecule has 6 aliphatic rings. The van der Waals surface area contributed by atoms with Crippen molar-refractivity contribution in [3.05, 3.63) is 29.3 Å². The van der Waals surface area contributed by atoms with Crippen molar-refractivity contribution in [1.29, 1.82) is 0 Å². The number of amides is 3. The first-order valence-corrected chi connectivity index (χ1v) is 13.0. The van der Waals surface area contributed by atoms with Crippen molar-refractivity contribution in [2.24, 2.45) is 11.8 Å². The van der Waals surface area contributed by atoms with Crippen LogP contribution in [0.3, 0.4) is 0 Å². The van der Waals surface area contributed by atoms with E-state index in [9.17, 15) is 14.4 Å². The second-order valence-corrected chi connectivity index (χ2v) is 11.6. The summed E-state index contributed by atoms with van der Waals surface area (Å²) in [5, 5.41) is 0. The third-order valence-electron chi connectivity index (χ3n) is 9.50. The molecule has 0 radical (unpaired) electrons. The normalized spacial score (nSPS) is 34.4. The van der Waals surface area contributed by atoms with Crippen molar-refractivity contribution in [2.45, 2.75) is 42.9 Å². The van der Waals surface area contributed by atoms with E-state index in [2.05, 4.69) is 11.0 Å². The number of rotatable bonds is 2. The molecule has 3 amide bonds. The highest BCUT2D eigenvalue weighted by molar-refractivity contribution is 6.00. The van der Waals surface area contributed by atoms with Crippen molar-refractivity contribution in [3.8, 4) is 11.5 Å². The molecular weight excluding hydrogens is 476 g/mol. The highest BCUT2D eigenvalue weighted by Gasteiger charge is 2.71. The van der Waals surface area contributed by atoms with Gasteiger partial charge in [0.2, 0.25) is 5.91 Å². The van der Waals surface area contributed by atoms with E-state index < -0.39 is 12.2 Å². The fourth-order valence-corrected chi connectivity index (χ4v) is 8.08. The summed E-state index contributed by atoms with van der Waals surface area (Å²) in [5.41, 5.74) is 2.95. The summed E-state index contributed by atoms with van der Waals surface area (Å²) >= 11 is 0. The van der Waals surface area contributed by atoms with E-state index in [0.29, 0.717) is 18.9 Å². The van der Waals surface area contributed by atoms with Gasteiger partial charge in [-0.15, -0.1) is 0 Å². The van der Waals surface area contributed by atoms with Gasteiger partial charge in [0.05, 0.1) is 30.9 Å². The number of ether oxygens (including phenoxy) is 3. The average Bonchev–Trinajstić information content (AvgIpc) is 3.31. The van der Waals surface area contributed by atoms with Crippen molar-refractivity contribution >= 4 is 23.8 Å². The molecule has 1 aromatic carbocycles. The van der Waals surface area contributed by atoms with Gasteiger partial charge in [0.25, 0.3) is 0 Å². The van der Waals surface area contributed by atoms with Crippen LogP contribution in [-0.4, -0.2) is 98.9 Å². The van der Waals surface area contributed by atoms with E-state index in [1.807, 2.05) is 11.0 Å². The zero-order chi connectivity index (χ0) is 25.8. The van der Waals surface area contributed by atoms with Crippen LogP contribution in [0.1, 0.15) is 24.8 Å². The molecule has 5 aliphatic heterocycles. The molecule has 10 heteroatoms. The molecule has 7 rings (SSSR count). The van der Waals surface area contributed by atoms with Gasteiger partial charge in [-0.05, 0) is 36.9 Å². The van der Waals surface area contributed by atoms with E-state index >= 15 is 0 Å². The molecule has 0 unspecified atom stereocenters. The van der Waals surface area contributed by atoms with Crippen LogP contribution in [0.2, 0.25) is 0 Å². The highest BCUT2D eigenvalue weighted by Crippen LogP contribution is 2.66. The summed E-state index contributed by atoms with van der Waals surface area (Å²) in [6, 6.07) is 3.85. The number of hydrogen-bond donors (Lipinski definition) is 0. The van der Waals surface area contributed by atoms with Crippen molar-refractivity contribution in [1.82, 2.24) is 14.7 Å². The van der Waals surface area contributed by atoms with Crippen molar-refractivity contribution in [2.75, 3.05) is 52.8 Å². The molecule has 10 nitrogen and oxygen atoms in total. The Morgan fingerprint density at radius 3 is 2.49 bits per heavy atom. The van der Waals surface area contributed by atoms with Crippen LogP contribution in [0.4, 0.5) is 15.3 Å². The molecule has 0 aromatic heterocycles. The number of fused-ring (bicyclic) bond motifs is 2. The van der Waals surface area contributed by atoms with Gasteiger partial charge >= 0.3 is 12.2 Å². The Morgan fingerprint density at radius 2 is 1.78 bits per heavy atom. The van der Waals surface area contributed by atoms with Crippen LogP contribution in [0.15, 0.2) is 23.8 Å². The van der Waals surface area contributed by atoms with Crippen molar-refractivity contribution < 1.29 is 28.6 Å². The van der Waals surface area contributed by atoms with Crippen LogP contribution in [0.25, 0.3) is 0 Å². The molecule has 4 fully saturated rings. The maximum absolute atomic E-state index is 13.8. The number of benzene rings is 1. The van der Waals surface area contributed by atoms with Crippen LogP contribution in [0.5, 0.6) is 11.5 Å². The van der Waals surface area contributed by atoms with Crippen LogP contribution < -0.4 is 14.4 Å². The Balaban J connectivity index is 1.43. The van der Waals surface area contributed by atoms with Gasteiger partial charge in [-0.2, -0.15) is 0 Å². The van der Waals surface area contributed by atoms with Crippen LogP contribution in [0, 0.1) is 11.8 Å². The molecular formula is C27H32N4O6. The zero-order valence-electron chi connectivity index (χ0n) is 21.6. The molecule has 1 aliphatic carbocycles. The van der Waals surface area contributed by atoms with Gasteiger partial charge in [0, 0.05) is 58.2 Å². The number of piperidine rings is 2. The number of carbonyl (C=O) groups is 3. The molecule has 196 valence electrons. The minimum atomic E-state index is -0.587. The first-order chi connectivity index (χ1) is 17.7. The minimum Gasteiger partial charge on any atom is -0.406 e. The molecule has 5 heterocycles. The van der Waals surface area contributed by atoms with Gasteiger partial charge in [0.1, 0.15) is 0 Å². The lowest BCUT2D eigenvalue weighted by Crippen LogP contribution is -2.69. The standard InChI is InChI=1S/C27H32N4O6/c1-28(2)25(33)36-18-10-16-17(11-19(18)37-26(34)29(3)4)31-22(32)12-20-23-15-9-21-27(16,24(23)31)6-7-30(21)13-14(15)5-8-35-20/h5,10-11,15,20-21,23-24H,6-9,12-13H2,1-4H3/t15-,20-,21-,23-,24-,27+/m0/s1. The highest BCUT2D eigenvalue weighted by atomic mass is 16.6. The lowest BCUT2D eigenvalue weighted by molar-refractivity contribution is -0.132. The first kappa shape index (κ1) is 23.0. The second kappa shape index (κ2) is 7.70. The van der Waals surface area contributed by atoms with Gasteiger partial charge in [-0.3, -0.25) is 9.69 Å². The molecule has 1 saturated carbocycles. The zero-order valence-corrected chi connectivity index (χ0v) is 21.6. The SMILES string of the molecule is CN(C)C(=O)Oc1cc2c(cc1OC(=O)N(C)C)[C@@]13CCN4CC5=CCO[C@H]6CC(=O)N2[C@H]1[C@H]6[C@H]5C[C@H]43. The molecule has 6 atom stereocenters. The second-order valence-electron chi connectivity index (χ2n) is 11.6. The van der Waals surface area contributed by atoms with Gasteiger partial charge in [-0.25, -0.2) is 9.59 Å². The van der Waals surface area contributed by atoms with Gasteiger partial charge < -0.3 is 28.9 Å². The predicted molar refractivity (Wildman–Crippen MR) is 133 cm³/mol. The van der Waals surface area contributed by atoms with Gasteiger partial charge in [-0.1, -0.05) is 11.6 Å². The maximum Gasteiger partial charge on any atom is 0.414 e. The number of carbonyl (C=O) groups excluding carboxylic acids is 3. The Hall–Kier alpha value is -3.11. The summed E-state index contributed by atoms with van der Waals surface area (Å²) in [5.74, 6) is 0.963. The Kier molecular flexibility index (Phi) is 4.80. The number of anilines is 1. The fraction of sp³-hybridized carbons (Fsp3) is 0.593. The summed E-state index contributed by atoms with van der Waals surface area (Å²) < 4.78 is 17.7. The summed E-state index contributed by atoms with van der Waals surface area (Å²) in [4.78, 5) is 46.1. The van der Waals surface area contributed by atoms with Gasteiger partial charge in [0.15, 0.2) is 11.5 Å².